The molecule has 0 saturated carbocycles. The van der Waals surface area contributed by atoms with Crippen LogP contribution in [0, 0.1) is 5.92 Å². The van der Waals surface area contributed by atoms with E-state index < -0.39 is 5.60 Å². The van der Waals surface area contributed by atoms with Gasteiger partial charge in [-0.3, -0.25) is 4.79 Å². The van der Waals surface area contributed by atoms with E-state index in [1.807, 2.05) is 6.92 Å². The second-order valence-electron chi connectivity index (χ2n) is 3.96. The summed E-state index contributed by atoms with van der Waals surface area (Å²) in [5.41, 5.74) is -0.936. The monoisotopic (exact) mass is 184 g/mol. The zero-order chi connectivity index (χ0) is 10.1. The first-order valence-electron chi connectivity index (χ1n) is 4.51. The van der Waals surface area contributed by atoms with Crippen LogP contribution in [-0.2, 0) is 9.53 Å². The third-order valence-corrected chi connectivity index (χ3v) is 2.38. The average Bonchev–Trinajstić information content (AvgIpc) is 2.30. The first-order valence-corrected chi connectivity index (χ1v) is 4.51. The van der Waals surface area contributed by atoms with E-state index in [1.54, 1.807) is 6.92 Å². The van der Waals surface area contributed by atoms with E-state index in [1.165, 1.54) is 6.08 Å². The maximum atomic E-state index is 11.0. The van der Waals surface area contributed by atoms with Gasteiger partial charge in [0.2, 0.25) is 0 Å². The molecule has 1 aliphatic rings. The van der Waals surface area contributed by atoms with Crippen molar-refractivity contribution in [1.29, 1.82) is 0 Å². The van der Waals surface area contributed by atoms with Crippen LogP contribution < -0.4 is 0 Å². The molecule has 0 bridgehead atoms. The van der Waals surface area contributed by atoms with Crippen LogP contribution in [0.4, 0.5) is 0 Å². The highest BCUT2D eigenvalue weighted by atomic mass is 16.6. The van der Waals surface area contributed by atoms with Crippen molar-refractivity contribution in [2.45, 2.75) is 38.4 Å². The molecule has 74 valence electrons. The standard InChI is InChI=1S/C10H16O3/c1-4-10(3,12)6-8-5-7(2)9(11)13-8/h4,7-8,12H,1,5-6H2,2-3H3. The molecular weight excluding hydrogens is 168 g/mol. The molecule has 1 rings (SSSR count). The van der Waals surface area contributed by atoms with Crippen molar-refractivity contribution in [3.63, 3.8) is 0 Å². The van der Waals surface area contributed by atoms with Crippen LogP contribution >= 0.6 is 0 Å². The third kappa shape index (κ3) is 2.56. The summed E-state index contributed by atoms with van der Waals surface area (Å²) < 4.78 is 5.06. The molecule has 1 N–H and O–H groups in total. The molecule has 1 aliphatic heterocycles. The summed E-state index contributed by atoms with van der Waals surface area (Å²) >= 11 is 0. The Balaban J connectivity index is 2.49. The van der Waals surface area contributed by atoms with Crippen LogP contribution in [0.15, 0.2) is 12.7 Å². The first kappa shape index (κ1) is 10.3. The summed E-state index contributed by atoms with van der Waals surface area (Å²) in [6, 6.07) is 0. The molecule has 13 heavy (non-hydrogen) atoms. The van der Waals surface area contributed by atoms with Gasteiger partial charge in [-0.05, 0) is 13.3 Å². The highest BCUT2D eigenvalue weighted by molar-refractivity contribution is 5.74. The molecule has 3 nitrogen and oxygen atoms in total. The highest BCUT2D eigenvalue weighted by Gasteiger charge is 2.34. The molecule has 0 aromatic rings. The van der Waals surface area contributed by atoms with Gasteiger partial charge in [0.25, 0.3) is 0 Å². The van der Waals surface area contributed by atoms with E-state index in [4.69, 9.17) is 4.74 Å². The Bertz CT molecular complexity index is 220. The molecule has 1 fully saturated rings. The molecule has 0 aromatic carbocycles. The number of hydrogen-bond acceptors (Lipinski definition) is 3. The zero-order valence-corrected chi connectivity index (χ0v) is 8.12. The van der Waals surface area contributed by atoms with Crippen molar-refractivity contribution < 1.29 is 14.6 Å². The van der Waals surface area contributed by atoms with Crippen LogP contribution in [0.3, 0.4) is 0 Å². The summed E-state index contributed by atoms with van der Waals surface area (Å²) in [6.07, 6.45) is 2.45. The van der Waals surface area contributed by atoms with Gasteiger partial charge >= 0.3 is 5.97 Å². The van der Waals surface area contributed by atoms with Crippen molar-refractivity contribution in [3.05, 3.63) is 12.7 Å². The zero-order valence-electron chi connectivity index (χ0n) is 8.12. The fourth-order valence-electron chi connectivity index (χ4n) is 1.49. The van der Waals surface area contributed by atoms with Crippen LogP contribution in [0.1, 0.15) is 26.7 Å². The lowest BCUT2D eigenvalue weighted by Gasteiger charge is -2.21. The Morgan fingerprint density at radius 3 is 2.85 bits per heavy atom. The molecule has 1 heterocycles. The van der Waals surface area contributed by atoms with Crippen LogP contribution in [0.2, 0.25) is 0 Å². The van der Waals surface area contributed by atoms with Crippen molar-refractivity contribution >= 4 is 5.97 Å². The molecule has 3 heteroatoms. The van der Waals surface area contributed by atoms with Gasteiger partial charge in [-0.2, -0.15) is 0 Å². The van der Waals surface area contributed by atoms with Crippen LogP contribution in [0.25, 0.3) is 0 Å². The predicted molar refractivity (Wildman–Crippen MR) is 49.1 cm³/mol. The lowest BCUT2D eigenvalue weighted by molar-refractivity contribution is -0.145. The summed E-state index contributed by atoms with van der Waals surface area (Å²) in [4.78, 5) is 11.0. The minimum absolute atomic E-state index is 0.0365. The van der Waals surface area contributed by atoms with E-state index in [-0.39, 0.29) is 18.0 Å². The number of cyclic esters (lactones) is 1. The van der Waals surface area contributed by atoms with Gasteiger partial charge < -0.3 is 9.84 Å². The molecule has 0 aromatic heterocycles. The molecule has 0 amide bonds. The quantitative estimate of drug-likeness (QED) is 0.530. The van der Waals surface area contributed by atoms with Crippen molar-refractivity contribution in [3.8, 4) is 0 Å². The third-order valence-electron chi connectivity index (χ3n) is 2.38. The number of hydrogen-bond donors (Lipinski definition) is 1. The fraction of sp³-hybridized carbons (Fsp3) is 0.700. The van der Waals surface area contributed by atoms with Gasteiger partial charge in [-0.25, -0.2) is 0 Å². The first-order chi connectivity index (χ1) is 5.94. The predicted octanol–water partition coefficient (Wildman–Crippen LogP) is 1.27. The molecule has 0 spiro atoms. The topological polar surface area (TPSA) is 46.5 Å². The smallest absolute Gasteiger partial charge is 0.309 e. The van der Waals surface area contributed by atoms with E-state index >= 15 is 0 Å². The highest BCUT2D eigenvalue weighted by Crippen LogP contribution is 2.27. The fourth-order valence-corrected chi connectivity index (χ4v) is 1.49. The van der Waals surface area contributed by atoms with Gasteiger partial charge in [0.1, 0.15) is 6.10 Å². The van der Waals surface area contributed by atoms with Gasteiger partial charge in [0.15, 0.2) is 0 Å². The average molecular weight is 184 g/mol. The van der Waals surface area contributed by atoms with E-state index in [0.717, 1.165) is 0 Å². The molecule has 1 saturated heterocycles. The van der Waals surface area contributed by atoms with Gasteiger partial charge in [-0.15, -0.1) is 6.58 Å². The minimum Gasteiger partial charge on any atom is -0.462 e. The van der Waals surface area contributed by atoms with Gasteiger partial charge in [-0.1, -0.05) is 13.0 Å². The molecule has 3 atom stereocenters. The van der Waals surface area contributed by atoms with Crippen LogP contribution in [0.5, 0.6) is 0 Å². The minimum atomic E-state index is -0.936. The SMILES string of the molecule is C=CC(C)(O)CC1CC(C)C(=O)O1. The van der Waals surface area contributed by atoms with Gasteiger partial charge in [0.05, 0.1) is 11.5 Å². The van der Waals surface area contributed by atoms with E-state index in [9.17, 15) is 9.90 Å². The van der Waals surface area contributed by atoms with Crippen molar-refractivity contribution in [1.82, 2.24) is 0 Å². The lowest BCUT2D eigenvalue weighted by Crippen LogP contribution is -2.27. The number of rotatable bonds is 3. The maximum absolute atomic E-state index is 11.0. The Hall–Kier alpha value is -0.830. The summed E-state index contributed by atoms with van der Waals surface area (Å²) in [6.45, 7) is 7.02. The molecule has 3 unspecified atom stereocenters. The second kappa shape index (κ2) is 3.50. The number of carbonyl (C=O) groups excluding carboxylic acids is 1. The Kier molecular flexibility index (Phi) is 2.76. The van der Waals surface area contributed by atoms with Crippen LogP contribution in [-0.4, -0.2) is 22.8 Å². The van der Waals surface area contributed by atoms with E-state index in [0.29, 0.717) is 12.8 Å². The summed E-state index contributed by atoms with van der Waals surface area (Å²) in [5, 5.41) is 9.65. The van der Waals surface area contributed by atoms with Crippen molar-refractivity contribution in [2.24, 2.45) is 5.92 Å². The summed E-state index contributed by atoms with van der Waals surface area (Å²) in [5.74, 6) is -0.199. The normalized spacial score (nSPS) is 32.4. The van der Waals surface area contributed by atoms with Gasteiger partial charge in [0, 0.05) is 6.42 Å². The Morgan fingerprint density at radius 2 is 2.46 bits per heavy atom. The second-order valence-corrected chi connectivity index (χ2v) is 3.96. The number of aliphatic hydroxyl groups is 1. The molecule has 0 aliphatic carbocycles. The number of esters is 1. The number of carbonyl (C=O) groups is 1. The maximum Gasteiger partial charge on any atom is 0.309 e. The Morgan fingerprint density at radius 1 is 1.85 bits per heavy atom. The summed E-state index contributed by atoms with van der Waals surface area (Å²) in [7, 11) is 0. The number of ether oxygens (including phenoxy) is 1. The van der Waals surface area contributed by atoms with E-state index in [2.05, 4.69) is 6.58 Å². The molecular formula is C10H16O3. The lowest BCUT2D eigenvalue weighted by atomic mass is 9.95. The largest absolute Gasteiger partial charge is 0.462 e. The molecule has 0 radical (unpaired) electrons. The van der Waals surface area contributed by atoms with Crippen molar-refractivity contribution in [2.75, 3.05) is 0 Å². The Labute approximate surface area is 78.4 Å².